The summed E-state index contributed by atoms with van der Waals surface area (Å²) in [5.41, 5.74) is 6.87. The molecule has 1 aliphatic heterocycles. The number of hydrogen-bond donors (Lipinski definition) is 1. The normalized spacial score (nSPS) is 17.8. The smallest absolute Gasteiger partial charge is 0.273 e. The fraction of sp³-hybridized carbons (Fsp3) is 0.333. The third-order valence-electron chi connectivity index (χ3n) is 4.66. The highest BCUT2D eigenvalue weighted by molar-refractivity contribution is 7.17. The first-order valence-electron chi connectivity index (χ1n) is 8.46. The van der Waals surface area contributed by atoms with Crippen molar-refractivity contribution in [1.82, 2.24) is 9.55 Å². The van der Waals surface area contributed by atoms with Crippen molar-refractivity contribution in [3.05, 3.63) is 56.4 Å². The van der Waals surface area contributed by atoms with Gasteiger partial charge in [-0.2, -0.15) is 0 Å². The molecule has 5 nitrogen and oxygen atoms in total. The molecule has 0 aliphatic carbocycles. The number of hydrogen-bond acceptors (Lipinski definition) is 5. The van der Waals surface area contributed by atoms with Gasteiger partial charge in [-0.3, -0.25) is 9.36 Å². The first-order valence-corrected chi connectivity index (χ1v) is 9.72. The number of anilines is 1. The van der Waals surface area contributed by atoms with E-state index in [1.54, 1.807) is 12.1 Å². The third-order valence-corrected chi connectivity index (χ3v) is 5.91. The lowest BCUT2D eigenvalue weighted by molar-refractivity contribution is 0.490. The van der Waals surface area contributed by atoms with Gasteiger partial charge in [0.25, 0.3) is 5.56 Å². The molecule has 1 fully saturated rings. The molecule has 1 aliphatic rings. The molecular formula is C18H18ClFN4OS. The lowest BCUT2D eigenvalue weighted by atomic mass is 10.1. The van der Waals surface area contributed by atoms with Gasteiger partial charge in [-0.15, -0.1) is 11.3 Å². The molecular weight excluding hydrogens is 375 g/mol. The summed E-state index contributed by atoms with van der Waals surface area (Å²) in [5, 5.41) is 2.13. The van der Waals surface area contributed by atoms with E-state index < -0.39 is 5.82 Å². The number of halogens is 2. The first kappa shape index (κ1) is 17.5. The molecule has 3 aromatic rings. The summed E-state index contributed by atoms with van der Waals surface area (Å²) < 4.78 is 16.4. The number of fused-ring (bicyclic) bond motifs is 1. The van der Waals surface area contributed by atoms with Crippen LogP contribution in [-0.4, -0.2) is 28.7 Å². The van der Waals surface area contributed by atoms with Crippen LogP contribution in [0.3, 0.4) is 0 Å². The van der Waals surface area contributed by atoms with Crippen LogP contribution in [0.15, 0.2) is 34.4 Å². The average Bonchev–Trinajstić information content (AvgIpc) is 3.08. The number of aromatic nitrogens is 2. The second-order valence-electron chi connectivity index (χ2n) is 6.49. The Bertz CT molecular complexity index is 998. The molecule has 136 valence electrons. The molecule has 1 saturated heterocycles. The Kier molecular flexibility index (Phi) is 4.69. The van der Waals surface area contributed by atoms with E-state index in [1.165, 1.54) is 22.0 Å². The van der Waals surface area contributed by atoms with E-state index in [-0.39, 0.29) is 23.7 Å². The Labute approximate surface area is 158 Å². The lowest BCUT2D eigenvalue weighted by Crippen LogP contribution is -2.45. The Morgan fingerprint density at radius 3 is 3.00 bits per heavy atom. The molecule has 2 N–H and O–H groups in total. The van der Waals surface area contributed by atoms with Gasteiger partial charge in [-0.25, -0.2) is 9.37 Å². The van der Waals surface area contributed by atoms with Crippen LogP contribution < -0.4 is 16.2 Å². The zero-order valence-electron chi connectivity index (χ0n) is 14.0. The van der Waals surface area contributed by atoms with Gasteiger partial charge in [0, 0.05) is 29.7 Å². The maximum absolute atomic E-state index is 14.3. The van der Waals surface area contributed by atoms with Gasteiger partial charge >= 0.3 is 0 Å². The molecule has 1 unspecified atom stereocenters. The molecule has 1 aromatic carbocycles. The molecule has 1 atom stereocenters. The maximum Gasteiger partial charge on any atom is 0.273 e. The number of benzene rings is 1. The second kappa shape index (κ2) is 6.98. The van der Waals surface area contributed by atoms with E-state index in [9.17, 15) is 9.18 Å². The molecule has 3 heterocycles. The van der Waals surface area contributed by atoms with Gasteiger partial charge < -0.3 is 10.6 Å². The fourth-order valence-corrected chi connectivity index (χ4v) is 4.35. The Balaban J connectivity index is 1.87. The average molecular weight is 393 g/mol. The van der Waals surface area contributed by atoms with Crippen LogP contribution in [0.5, 0.6) is 0 Å². The summed E-state index contributed by atoms with van der Waals surface area (Å²) in [6.45, 7) is 1.42. The van der Waals surface area contributed by atoms with Crippen LogP contribution in [0.1, 0.15) is 18.4 Å². The van der Waals surface area contributed by atoms with Crippen LogP contribution in [0, 0.1) is 5.82 Å². The van der Waals surface area contributed by atoms with E-state index in [2.05, 4.69) is 4.98 Å². The molecule has 4 rings (SSSR count). The van der Waals surface area contributed by atoms with Crippen LogP contribution in [0.2, 0.25) is 5.02 Å². The van der Waals surface area contributed by atoms with Gasteiger partial charge in [0.15, 0.2) is 0 Å². The summed E-state index contributed by atoms with van der Waals surface area (Å²) in [6.07, 6.45) is 1.87. The van der Waals surface area contributed by atoms with Crippen LogP contribution >= 0.6 is 22.9 Å². The summed E-state index contributed by atoms with van der Waals surface area (Å²) in [4.78, 5) is 19.8. The second-order valence-corrected chi connectivity index (χ2v) is 7.81. The molecule has 0 radical (unpaired) electrons. The standard InChI is InChI=1S/C18H18ClFN4OS/c19-13-4-1-5-14(20)12(13)10-24-17(25)16-15(6-8-26-16)22-18(24)23-7-2-3-11(21)9-23/h1,4-6,8,11H,2-3,7,9-10,21H2. The monoisotopic (exact) mass is 392 g/mol. The lowest BCUT2D eigenvalue weighted by Gasteiger charge is -2.33. The quantitative estimate of drug-likeness (QED) is 0.743. The van der Waals surface area contributed by atoms with Crippen molar-refractivity contribution in [3.8, 4) is 0 Å². The zero-order valence-corrected chi connectivity index (χ0v) is 15.6. The maximum atomic E-state index is 14.3. The predicted molar refractivity (Wildman–Crippen MR) is 104 cm³/mol. The highest BCUT2D eigenvalue weighted by Gasteiger charge is 2.23. The Morgan fingerprint density at radius 1 is 1.38 bits per heavy atom. The number of piperidine rings is 1. The topological polar surface area (TPSA) is 64.2 Å². The van der Waals surface area contributed by atoms with E-state index >= 15 is 0 Å². The largest absolute Gasteiger partial charge is 0.341 e. The summed E-state index contributed by atoms with van der Waals surface area (Å²) >= 11 is 7.52. The van der Waals surface area contributed by atoms with Crippen molar-refractivity contribution in [2.45, 2.75) is 25.4 Å². The van der Waals surface area contributed by atoms with Crippen LogP contribution in [0.25, 0.3) is 10.2 Å². The SMILES string of the molecule is NC1CCCN(c2nc3ccsc3c(=O)n2Cc2c(F)cccc2Cl)C1. The van der Waals surface area contributed by atoms with Crippen molar-refractivity contribution >= 4 is 39.1 Å². The van der Waals surface area contributed by atoms with Gasteiger partial charge in [-0.1, -0.05) is 17.7 Å². The van der Waals surface area contributed by atoms with E-state index in [0.29, 0.717) is 27.7 Å². The number of rotatable bonds is 3. The van der Waals surface area contributed by atoms with E-state index in [1.807, 2.05) is 16.3 Å². The molecule has 0 amide bonds. The first-order chi connectivity index (χ1) is 12.5. The number of nitrogens with two attached hydrogens (primary N) is 1. The molecule has 2 aromatic heterocycles. The van der Waals surface area contributed by atoms with E-state index in [4.69, 9.17) is 17.3 Å². The third kappa shape index (κ3) is 3.11. The summed E-state index contributed by atoms with van der Waals surface area (Å²) in [6, 6.07) is 6.38. The van der Waals surface area contributed by atoms with Crippen LogP contribution in [0.4, 0.5) is 10.3 Å². The minimum Gasteiger partial charge on any atom is -0.341 e. The Morgan fingerprint density at radius 2 is 2.23 bits per heavy atom. The molecule has 0 bridgehead atoms. The number of thiophene rings is 1. The highest BCUT2D eigenvalue weighted by atomic mass is 35.5. The minimum absolute atomic E-state index is 0.0318. The van der Waals surface area contributed by atoms with Crippen LogP contribution in [-0.2, 0) is 6.54 Å². The van der Waals surface area contributed by atoms with Gasteiger partial charge in [0.05, 0.1) is 12.1 Å². The zero-order chi connectivity index (χ0) is 18.3. The molecule has 0 spiro atoms. The minimum atomic E-state index is -0.433. The fourth-order valence-electron chi connectivity index (χ4n) is 3.35. The van der Waals surface area contributed by atoms with Crippen molar-refractivity contribution in [3.63, 3.8) is 0 Å². The summed E-state index contributed by atoms with van der Waals surface area (Å²) in [5.74, 6) is 0.0901. The molecule has 0 saturated carbocycles. The van der Waals surface area contributed by atoms with Gasteiger partial charge in [0.1, 0.15) is 10.5 Å². The number of nitrogens with zero attached hydrogens (tertiary/aromatic N) is 3. The van der Waals surface area contributed by atoms with Crippen molar-refractivity contribution in [2.75, 3.05) is 18.0 Å². The van der Waals surface area contributed by atoms with Crippen molar-refractivity contribution in [2.24, 2.45) is 5.73 Å². The summed E-state index contributed by atoms with van der Waals surface area (Å²) in [7, 11) is 0. The van der Waals surface area contributed by atoms with Gasteiger partial charge in [0.2, 0.25) is 5.95 Å². The molecule has 8 heteroatoms. The van der Waals surface area contributed by atoms with E-state index in [0.717, 1.165) is 19.4 Å². The Hall–Kier alpha value is -1.96. The van der Waals surface area contributed by atoms with Crippen molar-refractivity contribution in [1.29, 1.82) is 0 Å². The molecule has 26 heavy (non-hydrogen) atoms. The highest BCUT2D eigenvalue weighted by Crippen LogP contribution is 2.25. The van der Waals surface area contributed by atoms with Crippen molar-refractivity contribution < 1.29 is 4.39 Å². The van der Waals surface area contributed by atoms with Gasteiger partial charge in [-0.05, 0) is 36.4 Å². The predicted octanol–water partition coefficient (Wildman–Crippen LogP) is 3.23.